The van der Waals surface area contributed by atoms with Gasteiger partial charge in [-0.05, 0) is 48.1 Å². The van der Waals surface area contributed by atoms with Gasteiger partial charge in [0, 0.05) is 29.4 Å². The molecule has 0 bridgehead atoms. The van der Waals surface area contributed by atoms with E-state index < -0.39 is 0 Å². The standard InChI is InChI=1S/C30H31N5O/c1-20(2)25-9-5-6-10-26(25)29-31-18-23-17-28(36)34(30(23)32-29)19-21-11-13-24(14-12-21)35-16-15-27(33-35)22-7-3-4-8-22/h5-6,9-16,18,20,22H,3-4,7-8,17,19H2,1-2H3. The second kappa shape index (κ2) is 9.34. The first kappa shape index (κ1) is 22.7. The van der Waals surface area contributed by atoms with Gasteiger partial charge in [0.2, 0.25) is 5.91 Å². The van der Waals surface area contributed by atoms with Crippen LogP contribution in [-0.4, -0.2) is 25.7 Å². The molecule has 1 amide bonds. The van der Waals surface area contributed by atoms with Gasteiger partial charge in [-0.3, -0.25) is 9.69 Å². The van der Waals surface area contributed by atoms with Crippen molar-refractivity contribution in [2.75, 3.05) is 4.90 Å². The van der Waals surface area contributed by atoms with Gasteiger partial charge in [-0.25, -0.2) is 14.6 Å². The molecule has 6 rings (SSSR count). The van der Waals surface area contributed by atoms with Gasteiger partial charge in [0.05, 0.1) is 24.3 Å². The number of carbonyl (C=O) groups is 1. The average molecular weight is 478 g/mol. The number of carbonyl (C=O) groups excluding carboxylic acids is 1. The number of fused-ring (bicyclic) bond motifs is 1. The minimum absolute atomic E-state index is 0.0611. The van der Waals surface area contributed by atoms with E-state index in [1.807, 2.05) is 23.0 Å². The monoisotopic (exact) mass is 477 g/mol. The summed E-state index contributed by atoms with van der Waals surface area (Å²) >= 11 is 0. The summed E-state index contributed by atoms with van der Waals surface area (Å²) in [6, 6.07) is 18.7. The number of hydrogen-bond donors (Lipinski definition) is 0. The molecule has 0 saturated heterocycles. The van der Waals surface area contributed by atoms with E-state index in [2.05, 4.69) is 67.5 Å². The molecular formula is C30H31N5O. The van der Waals surface area contributed by atoms with Crippen molar-refractivity contribution < 1.29 is 4.79 Å². The molecule has 2 aromatic heterocycles. The normalized spacial score (nSPS) is 15.8. The van der Waals surface area contributed by atoms with Crippen molar-refractivity contribution in [3.8, 4) is 17.1 Å². The summed E-state index contributed by atoms with van der Waals surface area (Å²) in [7, 11) is 0. The Morgan fingerprint density at radius 3 is 2.56 bits per heavy atom. The lowest BCUT2D eigenvalue weighted by Crippen LogP contribution is -2.26. The van der Waals surface area contributed by atoms with Gasteiger partial charge in [0.25, 0.3) is 0 Å². The lowest BCUT2D eigenvalue weighted by atomic mass is 9.97. The smallest absolute Gasteiger partial charge is 0.233 e. The summed E-state index contributed by atoms with van der Waals surface area (Å²) < 4.78 is 1.96. The van der Waals surface area contributed by atoms with Crippen LogP contribution in [0.25, 0.3) is 17.1 Å². The topological polar surface area (TPSA) is 63.9 Å². The summed E-state index contributed by atoms with van der Waals surface area (Å²) in [5.41, 5.74) is 6.41. The summed E-state index contributed by atoms with van der Waals surface area (Å²) in [5, 5.41) is 4.83. The van der Waals surface area contributed by atoms with E-state index in [0.29, 0.717) is 30.6 Å². The maximum Gasteiger partial charge on any atom is 0.233 e. The number of rotatable bonds is 6. The number of anilines is 1. The van der Waals surface area contributed by atoms with Crippen LogP contribution in [0.4, 0.5) is 5.82 Å². The predicted octanol–water partition coefficient (Wildman–Crippen LogP) is 6.20. The lowest BCUT2D eigenvalue weighted by molar-refractivity contribution is -0.117. The Kier molecular flexibility index (Phi) is 5.88. The molecule has 182 valence electrons. The summed E-state index contributed by atoms with van der Waals surface area (Å²) in [4.78, 5) is 24.2. The Morgan fingerprint density at radius 2 is 1.78 bits per heavy atom. The Hall–Kier alpha value is -3.80. The fourth-order valence-corrected chi connectivity index (χ4v) is 5.49. The minimum atomic E-state index is 0.0611. The molecule has 1 fully saturated rings. The van der Waals surface area contributed by atoms with Crippen LogP contribution in [0.15, 0.2) is 67.0 Å². The van der Waals surface area contributed by atoms with Gasteiger partial charge in [-0.15, -0.1) is 0 Å². The first-order valence-corrected chi connectivity index (χ1v) is 13.0. The summed E-state index contributed by atoms with van der Waals surface area (Å²) in [6.07, 6.45) is 9.32. The van der Waals surface area contributed by atoms with Gasteiger partial charge in [-0.1, -0.05) is 63.1 Å². The molecule has 1 aliphatic heterocycles. The van der Waals surface area contributed by atoms with Crippen molar-refractivity contribution in [3.05, 3.63) is 89.4 Å². The quantitative estimate of drug-likeness (QED) is 0.332. The highest BCUT2D eigenvalue weighted by Crippen LogP contribution is 2.34. The molecule has 36 heavy (non-hydrogen) atoms. The van der Waals surface area contributed by atoms with Crippen LogP contribution in [-0.2, 0) is 17.8 Å². The summed E-state index contributed by atoms with van der Waals surface area (Å²) in [6.45, 7) is 4.83. The van der Waals surface area contributed by atoms with E-state index in [4.69, 9.17) is 10.1 Å². The number of benzene rings is 2. The van der Waals surface area contributed by atoms with E-state index in [9.17, 15) is 4.79 Å². The van der Waals surface area contributed by atoms with Gasteiger partial charge < -0.3 is 0 Å². The molecular weight excluding hydrogens is 446 g/mol. The number of nitrogens with zero attached hydrogens (tertiary/aromatic N) is 5. The second-order valence-corrected chi connectivity index (χ2v) is 10.3. The molecule has 1 aliphatic carbocycles. The van der Waals surface area contributed by atoms with E-state index in [-0.39, 0.29) is 5.91 Å². The van der Waals surface area contributed by atoms with Crippen molar-refractivity contribution in [1.29, 1.82) is 0 Å². The first-order valence-electron chi connectivity index (χ1n) is 13.0. The second-order valence-electron chi connectivity index (χ2n) is 10.3. The molecule has 3 heterocycles. The number of amides is 1. The Labute approximate surface area is 212 Å². The zero-order chi connectivity index (χ0) is 24.6. The van der Waals surface area contributed by atoms with Crippen LogP contribution in [0.1, 0.15) is 73.8 Å². The van der Waals surface area contributed by atoms with E-state index in [0.717, 1.165) is 28.2 Å². The molecule has 0 N–H and O–H groups in total. The van der Waals surface area contributed by atoms with Crippen molar-refractivity contribution >= 4 is 11.7 Å². The maximum absolute atomic E-state index is 12.9. The highest BCUT2D eigenvalue weighted by atomic mass is 16.2. The molecule has 0 unspecified atom stereocenters. The zero-order valence-electron chi connectivity index (χ0n) is 20.9. The first-order chi connectivity index (χ1) is 17.6. The fourth-order valence-electron chi connectivity index (χ4n) is 5.49. The van der Waals surface area contributed by atoms with Crippen LogP contribution in [0.2, 0.25) is 0 Å². The van der Waals surface area contributed by atoms with Crippen LogP contribution in [0.5, 0.6) is 0 Å². The number of hydrogen-bond acceptors (Lipinski definition) is 4. The third kappa shape index (κ3) is 4.21. The third-order valence-electron chi connectivity index (χ3n) is 7.49. The highest BCUT2D eigenvalue weighted by Gasteiger charge is 2.30. The van der Waals surface area contributed by atoms with Crippen molar-refractivity contribution in [2.24, 2.45) is 0 Å². The van der Waals surface area contributed by atoms with Gasteiger partial charge in [0.15, 0.2) is 5.82 Å². The molecule has 2 aliphatic rings. The van der Waals surface area contributed by atoms with Gasteiger partial charge >= 0.3 is 0 Å². The fraction of sp³-hybridized carbons (Fsp3) is 0.333. The molecule has 2 aromatic carbocycles. The van der Waals surface area contributed by atoms with Crippen LogP contribution in [0, 0.1) is 0 Å². The zero-order valence-corrected chi connectivity index (χ0v) is 20.9. The molecule has 6 heteroatoms. The molecule has 6 nitrogen and oxygen atoms in total. The van der Waals surface area contributed by atoms with E-state index in [1.165, 1.54) is 36.9 Å². The molecule has 0 radical (unpaired) electrons. The SMILES string of the molecule is CC(C)c1ccccc1-c1ncc2c(n1)N(Cc1ccc(-n3ccc(C4CCCC4)n3)cc1)C(=O)C2. The molecule has 1 saturated carbocycles. The summed E-state index contributed by atoms with van der Waals surface area (Å²) in [5.74, 6) is 2.42. The Bertz CT molecular complexity index is 1400. The van der Waals surface area contributed by atoms with Crippen molar-refractivity contribution in [3.63, 3.8) is 0 Å². The Balaban J connectivity index is 1.23. The van der Waals surface area contributed by atoms with E-state index >= 15 is 0 Å². The number of aromatic nitrogens is 4. The van der Waals surface area contributed by atoms with Gasteiger partial charge in [0.1, 0.15) is 5.82 Å². The molecule has 0 spiro atoms. The molecule has 4 aromatic rings. The average Bonchev–Trinajstić information content (AvgIpc) is 3.65. The van der Waals surface area contributed by atoms with Crippen LogP contribution in [0.3, 0.4) is 0 Å². The van der Waals surface area contributed by atoms with Gasteiger partial charge in [-0.2, -0.15) is 5.10 Å². The Morgan fingerprint density at radius 1 is 1.00 bits per heavy atom. The maximum atomic E-state index is 12.9. The van der Waals surface area contributed by atoms with E-state index in [1.54, 1.807) is 4.90 Å². The third-order valence-corrected chi connectivity index (χ3v) is 7.49. The van der Waals surface area contributed by atoms with Crippen LogP contribution < -0.4 is 4.90 Å². The highest BCUT2D eigenvalue weighted by molar-refractivity contribution is 6.00. The minimum Gasteiger partial charge on any atom is -0.292 e. The lowest BCUT2D eigenvalue weighted by Gasteiger charge is -2.18. The van der Waals surface area contributed by atoms with Crippen molar-refractivity contribution in [1.82, 2.24) is 19.7 Å². The molecule has 0 atom stereocenters. The predicted molar refractivity (Wildman–Crippen MR) is 141 cm³/mol. The van der Waals surface area contributed by atoms with Crippen molar-refractivity contribution in [2.45, 2.75) is 64.3 Å². The largest absolute Gasteiger partial charge is 0.292 e. The van der Waals surface area contributed by atoms with Crippen LogP contribution >= 0.6 is 0 Å².